The lowest BCUT2D eigenvalue weighted by atomic mass is 9.90. The third kappa shape index (κ3) is 5.55. The maximum atomic E-state index is 11.1. The molecule has 7 heteroatoms. The molecule has 1 heterocycles. The lowest BCUT2D eigenvalue weighted by Gasteiger charge is -2.24. The Kier molecular flexibility index (Phi) is 6.36. The fourth-order valence-electron chi connectivity index (χ4n) is 1.80. The number of ether oxygens (including phenoxy) is 1. The third-order valence-electron chi connectivity index (χ3n) is 3.15. The smallest absolute Gasteiger partial charge is 0.311 e. The third-order valence-corrected chi connectivity index (χ3v) is 3.15. The first-order chi connectivity index (χ1) is 9.89. The zero-order valence-electron chi connectivity index (χ0n) is 13.1. The van der Waals surface area contributed by atoms with Gasteiger partial charge in [0, 0.05) is 32.9 Å². The summed E-state index contributed by atoms with van der Waals surface area (Å²) in [5.41, 5.74) is -0.0566. The molecule has 0 bridgehead atoms. The van der Waals surface area contributed by atoms with Crippen LogP contribution in [0.25, 0.3) is 0 Å². The fraction of sp³-hybridized carbons (Fsp3) is 0.643. The highest BCUT2D eigenvalue weighted by molar-refractivity contribution is 5.60. The summed E-state index contributed by atoms with van der Waals surface area (Å²) < 4.78 is 5.08. The summed E-state index contributed by atoms with van der Waals surface area (Å²) in [5, 5.41) is 17.2. The lowest BCUT2D eigenvalue weighted by Crippen LogP contribution is -2.25. The van der Waals surface area contributed by atoms with Crippen molar-refractivity contribution in [3.05, 3.63) is 22.2 Å². The van der Waals surface area contributed by atoms with Gasteiger partial charge in [-0.1, -0.05) is 13.8 Å². The first kappa shape index (κ1) is 17.2. The van der Waals surface area contributed by atoms with Gasteiger partial charge < -0.3 is 15.4 Å². The minimum atomic E-state index is -0.423. The van der Waals surface area contributed by atoms with Gasteiger partial charge in [-0.2, -0.15) is 0 Å². The average Bonchev–Trinajstić information content (AvgIpc) is 2.43. The summed E-state index contributed by atoms with van der Waals surface area (Å²) in [5.74, 6) is 0.921. The van der Waals surface area contributed by atoms with Crippen molar-refractivity contribution in [1.29, 1.82) is 0 Å². The van der Waals surface area contributed by atoms with Crippen LogP contribution in [0.1, 0.15) is 27.2 Å². The maximum absolute atomic E-state index is 11.1. The molecule has 0 aliphatic carbocycles. The number of hydrogen-bond donors (Lipinski definition) is 2. The number of methoxy groups -OCH3 is 1. The Hall–Kier alpha value is -1.89. The van der Waals surface area contributed by atoms with Crippen LogP contribution in [0.3, 0.4) is 0 Å². The standard InChI is InChI=1S/C14H24N4O3/c1-5-15-12-7-6-11(18(19)20)13(17-12)16-10-14(2,3)8-9-21-4/h6-7H,5,8-10H2,1-4H3,(H2,15,16,17). The Bertz CT molecular complexity index is 477. The molecule has 0 saturated heterocycles. The number of rotatable bonds is 9. The topological polar surface area (TPSA) is 89.3 Å². The minimum Gasteiger partial charge on any atom is -0.385 e. The quantitative estimate of drug-likeness (QED) is 0.538. The van der Waals surface area contributed by atoms with Gasteiger partial charge in [0.15, 0.2) is 0 Å². The van der Waals surface area contributed by atoms with Gasteiger partial charge in [-0.25, -0.2) is 4.98 Å². The summed E-state index contributed by atoms with van der Waals surface area (Å²) in [6, 6.07) is 3.08. The first-order valence-electron chi connectivity index (χ1n) is 7.01. The number of nitrogens with one attached hydrogen (secondary N) is 2. The zero-order valence-corrected chi connectivity index (χ0v) is 13.1. The molecule has 0 atom stereocenters. The van der Waals surface area contributed by atoms with Crippen LogP contribution >= 0.6 is 0 Å². The average molecular weight is 296 g/mol. The van der Waals surface area contributed by atoms with Crippen LogP contribution in [-0.2, 0) is 4.74 Å². The van der Waals surface area contributed by atoms with Crippen molar-refractivity contribution in [2.45, 2.75) is 27.2 Å². The number of aromatic nitrogens is 1. The normalized spacial score (nSPS) is 11.2. The number of nitrogens with zero attached hydrogens (tertiary/aromatic N) is 2. The van der Waals surface area contributed by atoms with Crippen LogP contribution in [0.2, 0.25) is 0 Å². The molecule has 1 aromatic rings. The number of anilines is 2. The van der Waals surface area contributed by atoms with E-state index in [1.54, 1.807) is 13.2 Å². The van der Waals surface area contributed by atoms with Crippen LogP contribution in [0.5, 0.6) is 0 Å². The number of hydrogen-bond acceptors (Lipinski definition) is 6. The summed E-state index contributed by atoms with van der Waals surface area (Å²) in [4.78, 5) is 14.9. The zero-order chi connectivity index (χ0) is 15.9. The second-order valence-electron chi connectivity index (χ2n) is 5.61. The van der Waals surface area contributed by atoms with E-state index >= 15 is 0 Å². The maximum Gasteiger partial charge on any atom is 0.311 e. The van der Waals surface area contributed by atoms with E-state index in [0.717, 1.165) is 6.42 Å². The molecule has 21 heavy (non-hydrogen) atoms. The molecule has 0 radical (unpaired) electrons. The fourth-order valence-corrected chi connectivity index (χ4v) is 1.80. The van der Waals surface area contributed by atoms with Crippen LogP contribution in [0.4, 0.5) is 17.3 Å². The molecule has 2 N–H and O–H groups in total. The lowest BCUT2D eigenvalue weighted by molar-refractivity contribution is -0.384. The first-order valence-corrected chi connectivity index (χ1v) is 7.01. The summed E-state index contributed by atoms with van der Waals surface area (Å²) in [6.07, 6.45) is 0.858. The molecule has 0 amide bonds. The van der Waals surface area contributed by atoms with Gasteiger partial charge in [0.2, 0.25) is 5.82 Å². The second kappa shape index (κ2) is 7.78. The van der Waals surface area contributed by atoms with Gasteiger partial charge in [0.05, 0.1) is 4.92 Å². The summed E-state index contributed by atoms with van der Waals surface area (Å²) in [7, 11) is 1.66. The van der Waals surface area contributed by atoms with Crippen LogP contribution in [-0.4, -0.2) is 36.7 Å². The predicted molar refractivity (Wildman–Crippen MR) is 83.8 cm³/mol. The van der Waals surface area contributed by atoms with Gasteiger partial charge in [0.25, 0.3) is 0 Å². The molecule has 7 nitrogen and oxygen atoms in total. The Morgan fingerprint density at radius 1 is 1.38 bits per heavy atom. The van der Waals surface area contributed by atoms with Crippen molar-refractivity contribution in [2.75, 3.05) is 37.4 Å². The van der Waals surface area contributed by atoms with Gasteiger partial charge in [0.1, 0.15) is 5.82 Å². The Morgan fingerprint density at radius 3 is 2.67 bits per heavy atom. The Morgan fingerprint density at radius 2 is 2.10 bits per heavy atom. The van der Waals surface area contributed by atoms with Gasteiger partial charge in [-0.15, -0.1) is 0 Å². The molecule has 1 rings (SSSR count). The summed E-state index contributed by atoms with van der Waals surface area (Å²) >= 11 is 0. The molecule has 0 aliphatic rings. The van der Waals surface area contributed by atoms with Crippen LogP contribution in [0.15, 0.2) is 12.1 Å². The predicted octanol–water partition coefficient (Wildman–Crippen LogP) is 2.90. The molecule has 118 valence electrons. The molecule has 1 aromatic heterocycles. The highest BCUT2D eigenvalue weighted by Gasteiger charge is 2.21. The van der Waals surface area contributed by atoms with E-state index in [2.05, 4.69) is 29.5 Å². The van der Waals surface area contributed by atoms with Crippen LogP contribution < -0.4 is 10.6 Å². The van der Waals surface area contributed by atoms with Gasteiger partial charge in [-0.05, 0) is 24.8 Å². The highest BCUT2D eigenvalue weighted by Crippen LogP contribution is 2.27. The SMILES string of the molecule is CCNc1ccc([N+](=O)[O-])c(NCC(C)(C)CCOC)n1. The Labute approximate surface area is 125 Å². The van der Waals surface area contributed by atoms with E-state index in [1.807, 2.05) is 6.92 Å². The van der Waals surface area contributed by atoms with E-state index in [9.17, 15) is 10.1 Å². The molecular weight excluding hydrogens is 272 g/mol. The molecular formula is C14H24N4O3. The van der Waals surface area contributed by atoms with Crippen molar-refractivity contribution < 1.29 is 9.66 Å². The van der Waals surface area contributed by atoms with E-state index < -0.39 is 4.92 Å². The minimum absolute atomic E-state index is 0.0146. The van der Waals surface area contributed by atoms with Crippen molar-refractivity contribution in [3.63, 3.8) is 0 Å². The second-order valence-corrected chi connectivity index (χ2v) is 5.61. The molecule has 0 unspecified atom stereocenters. The van der Waals surface area contributed by atoms with Crippen molar-refractivity contribution in [2.24, 2.45) is 5.41 Å². The highest BCUT2D eigenvalue weighted by atomic mass is 16.6. The van der Waals surface area contributed by atoms with E-state index in [0.29, 0.717) is 31.3 Å². The molecule has 0 spiro atoms. The van der Waals surface area contributed by atoms with Crippen molar-refractivity contribution in [3.8, 4) is 0 Å². The van der Waals surface area contributed by atoms with Crippen molar-refractivity contribution in [1.82, 2.24) is 4.98 Å². The molecule has 0 aliphatic heterocycles. The Balaban J connectivity index is 2.84. The largest absolute Gasteiger partial charge is 0.385 e. The van der Waals surface area contributed by atoms with Gasteiger partial charge in [-0.3, -0.25) is 10.1 Å². The molecule has 0 fully saturated rings. The monoisotopic (exact) mass is 296 g/mol. The van der Waals surface area contributed by atoms with E-state index in [4.69, 9.17) is 4.74 Å². The van der Waals surface area contributed by atoms with Crippen LogP contribution in [0, 0.1) is 15.5 Å². The van der Waals surface area contributed by atoms with E-state index in [1.165, 1.54) is 6.07 Å². The number of nitro groups is 1. The van der Waals surface area contributed by atoms with Crippen molar-refractivity contribution >= 4 is 17.3 Å². The number of pyridine rings is 1. The summed E-state index contributed by atoms with van der Waals surface area (Å²) in [6.45, 7) is 8.06. The molecule has 0 saturated carbocycles. The van der Waals surface area contributed by atoms with E-state index in [-0.39, 0.29) is 11.1 Å². The van der Waals surface area contributed by atoms with Gasteiger partial charge >= 0.3 is 5.69 Å². The molecule has 0 aromatic carbocycles.